The van der Waals surface area contributed by atoms with Crippen molar-refractivity contribution in [1.82, 2.24) is 35.2 Å². The Morgan fingerprint density at radius 3 is 2.54 bits per heavy atom. The summed E-state index contributed by atoms with van der Waals surface area (Å²) in [6.07, 6.45) is 7.37. The molecule has 0 atom stereocenters. The lowest BCUT2D eigenvalue weighted by Crippen LogP contribution is -2.25. The Hall–Kier alpha value is -5.19. The Balaban J connectivity index is 1.27. The van der Waals surface area contributed by atoms with Crippen LogP contribution in [0, 0.1) is 25.5 Å². The van der Waals surface area contributed by atoms with E-state index in [1.165, 1.54) is 18.3 Å². The van der Waals surface area contributed by atoms with Gasteiger partial charge < -0.3 is 10.6 Å². The summed E-state index contributed by atoms with van der Waals surface area (Å²) >= 11 is 0. The summed E-state index contributed by atoms with van der Waals surface area (Å²) in [6, 6.07) is 11.4. The molecule has 39 heavy (non-hydrogen) atoms. The second-order valence-corrected chi connectivity index (χ2v) is 8.66. The molecule has 1 amide bonds. The number of nitrogens with one attached hydrogen (secondary N) is 2. The van der Waals surface area contributed by atoms with Crippen LogP contribution in [0.25, 0.3) is 22.6 Å². The third-order valence-corrected chi connectivity index (χ3v) is 5.71. The number of rotatable bonds is 7. The number of halogens is 2. The molecule has 0 aliphatic carbocycles. The van der Waals surface area contributed by atoms with Gasteiger partial charge in [-0.2, -0.15) is 0 Å². The van der Waals surface area contributed by atoms with E-state index >= 15 is 0 Å². The predicted octanol–water partition coefficient (Wildman–Crippen LogP) is 4.96. The molecule has 0 unspecified atom stereocenters. The van der Waals surface area contributed by atoms with Crippen LogP contribution in [0.4, 0.5) is 20.3 Å². The fraction of sp³-hybridized carbons (Fsp3) is 0.107. The molecule has 0 saturated carbocycles. The van der Waals surface area contributed by atoms with Gasteiger partial charge in [-0.3, -0.25) is 19.7 Å². The Labute approximate surface area is 222 Å². The average molecular weight is 525 g/mol. The van der Waals surface area contributed by atoms with Crippen LogP contribution in [0.1, 0.15) is 27.4 Å². The number of aryl methyl sites for hydroxylation is 2. The molecule has 2 N–H and O–H groups in total. The third kappa shape index (κ3) is 6.04. The van der Waals surface area contributed by atoms with Crippen molar-refractivity contribution in [3.8, 4) is 22.6 Å². The van der Waals surface area contributed by atoms with E-state index in [1.54, 1.807) is 56.7 Å². The van der Waals surface area contributed by atoms with Crippen LogP contribution < -0.4 is 10.6 Å². The number of hydrogen-bond acceptors (Lipinski definition) is 8. The van der Waals surface area contributed by atoms with Crippen molar-refractivity contribution in [3.05, 3.63) is 108 Å². The largest absolute Gasteiger partial charge is 0.346 e. The highest BCUT2D eigenvalue weighted by Gasteiger charge is 2.16. The molecule has 0 aliphatic heterocycles. The number of hydrogen-bond donors (Lipinski definition) is 2. The van der Waals surface area contributed by atoms with Crippen molar-refractivity contribution in [1.29, 1.82) is 0 Å². The number of carbonyl (C=O) groups excluding carboxylic acids is 1. The molecule has 0 radical (unpaired) electrons. The van der Waals surface area contributed by atoms with Gasteiger partial charge in [-0.15, -0.1) is 0 Å². The van der Waals surface area contributed by atoms with E-state index < -0.39 is 17.5 Å². The lowest BCUT2D eigenvalue weighted by Gasteiger charge is -2.10. The first-order chi connectivity index (χ1) is 18.9. The minimum atomic E-state index is -0.806. The molecule has 5 heterocycles. The van der Waals surface area contributed by atoms with Crippen molar-refractivity contribution in [2.24, 2.45) is 0 Å². The van der Waals surface area contributed by atoms with Crippen LogP contribution in [-0.2, 0) is 6.54 Å². The molecule has 0 fully saturated rings. The van der Waals surface area contributed by atoms with Crippen LogP contribution in [0.3, 0.4) is 0 Å². The van der Waals surface area contributed by atoms with E-state index in [2.05, 4.69) is 40.5 Å². The Kier molecular flexibility index (Phi) is 7.21. The highest BCUT2D eigenvalue weighted by atomic mass is 19.1. The maximum Gasteiger partial charge on any atom is 0.273 e. The van der Waals surface area contributed by atoms with Crippen molar-refractivity contribution >= 4 is 17.4 Å². The van der Waals surface area contributed by atoms with Gasteiger partial charge in [0.25, 0.3) is 5.91 Å². The fourth-order valence-corrected chi connectivity index (χ4v) is 3.79. The topological polar surface area (TPSA) is 118 Å². The first kappa shape index (κ1) is 25.5. The van der Waals surface area contributed by atoms with Crippen LogP contribution in [-0.4, -0.2) is 35.8 Å². The van der Waals surface area contributed by atoms with E-state index in [0.717, 1.165) is 11.9 Å². The lowest BCUT2D eigenvalue weighted by atomic mass is 10.1. The van der Waals surface area contributed by atoms with E-state index in [9.17, 15) is 13.6 Å². The summed E-state index contributed by atoms with van der Waals surface area (Å²) in [5.41, 5.74) is 3.82. The number of pyridine rings is 4. The van der Waals surface area contributed by atoms with E-state index in [1.807, 2.05) is 6.07 Å². The summed E-state index contributed by atoms with van der Waals surface area (Å²) in [6.45, 7) is 3.66. The average Bonchev–Trinajstić information content (AvgIpc) is 2.93. The Morgan fingerprint density at radius 2 is 1.79 bits per heavy atom. The monoisotopic (exact) mass is 524 g/mol. The predicted molar refractivity (Wildman–Crippen MR) is 141 cm³/mol. The van der Waals surface area contributed by atoms with Crippen LogP contribution >= 0.6 is 0 Å². The van der Waals surface area contributed by atoms with Crippen LogP contribution in [0.5, 0.6) is 0 Å². The zero-order valence-corrected chi connectivity index (χ0v) is 21.0. The molecule has 0 saturated heterocycles. The van der Waals surface area contributed by atoms with Crippen molar-refractivity contribution in [2.75, 3.05) is 5.32 Å². The molecule has 5 aromatic heterocycles. The first-order valence-corrected chi connectivity index (χ1v) is 11.9. The van der Waals surface area contributed by atoms with Crippen molar-refractivity contribution < 1.29 is 13.6 Å². The zero-order valence-electron chi connectivity index (χ0n) is 21.0. The van der Waals surface area contributed by atoms with Crippen LogP contribution in [0.2, 0.25) is 0 Å². The maximum absolute atomic E-state index is 14.9. The first-order valence-electron chi connectivity index (χ1n) is 11.9. The van der Waals surface area contributed by atoms with Gasteiger partial charge in [-0.05, 0) is 49.7 Å². The number of amides is 1. The number of aromatic nitrogens is 6. The normalized spacial score (nSPS) is 10.8. The Bertz CT molecular complexity index is 1650. The minimum Gasteiger partial charge on any atom is -0.346 e. The smallest absolute Gasteiger partial charge is 0.273 e. The number of carbonyl (C=O) groups is 1. The molecule has 194 valence electrons. The van der Waals surface area contributed by atoms with Gasteiger partial charge >= 0.3 is 0 Å². The fourth-order valence-electron chi connectivity index (χ4n) is 3.79. The molecule has 9 nitrogen and oxygen atoms in total. The van der Waals surface area contributed by atoms with Gasteiger partial charge in [0.05, 0.1) is 23.8 Å². The zero-order chi connectivity index (χ0) is 27.4. The second kappa shape index (κ2) is 11.1. The Morgan fingerprint density at radius 1 is 0.923 bits per heavy atom. The summed E-state index contributed by atoms with van der Waals surface area (Å²) in [7, 11) is 0. The maximum atomic E-state index is 14.9. The second-order valence-electron chi connectivity index (χ2n) is 8.66. The van der Waals surface area contributed by atoms with Crippen molar-refractivity contribution in [2.45, 2.75) is 20.4 Å². The molecule has 0 spiro atoms. The molecule has 0 aliphatic rings. The highest BCUT2D eigenvalue weighted by molar-refractivity contribution is 5.92. The summed E-state index contributed by atoms with van der Waals surface area (Å²) in [5.74, 6) is -1.17. The van der Waals surface area contributed by atoms with Gasteiger partial charge in [-0.25, -0.2) is 23.7 Å². The van der Waals surface area contributed by atoms with Gasteiger partial charge in [0.1, 0.15) is 11.6 Å². The highest BCUT2D eigenvalue weighted by Crippen LogP contribution is 2.22. The van der Waals surface area contributed by atoms with Gasteiger partial charge in [0.2, 0.25) is 0 Å². The lowest BCUT2D eigenvalue weighted by molar-refractivity contribution is 0.0941. The quantitative estimate of drug-likeness (QED) is 0.307. The summed E-state index contributed by atoms with van der Waals surface area (Å²) in [5, 5.41) is 5.77. The molecule has 0 aromatic carbocycles. The molecular formula is C28H22F2N8O. The SMILES string of the molecule is Cc1cc(Nc2cccnc2)nc(-c2cnc(C(=O)NCc3ccc(-c4cc(F)cnc4C)nc3)c(F)c2)n1. The molecule has 5 aromatic rings. The van der Waals surface area contributed by atoms with E-state index in [-0.39, 0.29) is 18.1 Å². The van der Waals surface area contributed by atoms with E-state index in [4.69, 9.17) is 0 Å². The number of nitrogens with zero attached hydrogens (tertiary/aromatic N) is 6. The molecule has 0 bridgehead atoms. The standard InChI is InChI=1S/C28H22F2N8O/c1-16-8-25(37-21-4-3-7-31-15-21)38-27(36-16)19-9-23(30)26(34-13-19)28(39)35-12-18-5-6-24(33-11-18)22-10-20(29)14-32-17(22)2/h3-11,13-15H,12H2,1-2H3,(H,35,39)(H,36,37,38). The molecule has 5 rings (SSSR count). The molecule has 11 heteroatoms. The van der Waals surface area contributed by atoms with E-state index in [0.29, 0.717) is 39.6 Å². The number of anilines is 2. The summed E-state index contributed by atoms with van der Waals surface area (Å²) < 4.78 is 28.5. The summed E-state index contributed by atoms with van der Waals surface area (Å²) in [4.78, 5) is 37.9. The third-order valence-electron chi connectivity index (χ3n) is 5.71. The van der Waals surface area contributed by atoms with Gasteiger partial charge in [-0.1, -0.05) is 6.07 Å². The minimum absolute atomic E-state index is 0.0970. The van der Waals surface area contributed by atoms with Crippen molar-refractivity contribution in [3.63, 3.8) is 0 Å². The molecular weight excluding hydrogens is 502 g/mol. The van der Waals surface area contributed by atoms with Gasteiger partial charge in [0, 0.05) is 53.7 Å². The van der Waals surface area contributed by atoms with Crippen LogP contribution in [0.15, 0.2) is 73.4 Å². The van der Waals surface area contributed by atoms with Gasteiger partial charge in [0.15, 0.2) is 17.3 Å².